The molecule has 0 bridgehead atoms. The highest BCUT2D eigenvalue weighted by Gasteiger charge is 2.08. The van der Waals surface area contributed by atoms with Gasteiger partial charge in [0.1, 0.15) is 0 Å². The highest BCUT2D eigenvalue weighted by molar-refractivity contribution is 4.94. The van der Waals surface area contributed by atoms with Gasteiger partial charge in [0, 0.05) is 26.8 Å². The number of hydrogen-bond acceptors (Lipinski definition) is 5. The van der Waals surface area contributed by atoms with E-state index in [0.717, 1.165) is 5.69 Å². The molecule has 0 aliphatic rings. The monoisotopic (exact) mass is 215 g/mol. The number of hydrogen-bond donors (Lipinski definition) is 1. The fourth-order valence-electron chi connectivity index (χ4n) is 1.22. The van der Waals surface area contributed by atoms with Gasteiger partial charge in [0.25, 0.3) is 0 Å². The topological polar surface area (TPSA) is 69.4 Å². The predicted molar refractivity (Wildman–Crippen MR) is 53.5 cm³/mol. The molecular weight excluding hydrogens is 198 g/mol. The summed E-state index contributed by atoms with van der Waals surface area (Å²) in [4.78, 5) is 0. The summed E-state index contributed by atoms with van der Waals surface area (Å²) >= 11 is 0. The molecule has 1 heterocycles. The Morgan fingerprint density at radius 2 is 2.27 bits per heavy atom. The molecule has 0 aliphatic carbocycles. The number of aromatic nitrogens is 3. The highest BCUT2D eigenvalue weighted by atomic mass is 16.5. The first-order valence-electron chi connectivity index (χ1n) is 4.81. The van der Waals surface area contributed by atoms with Crippen LogP contribution < -0.4 is 0 Å². The lowest BCUT2D eigenvalue weighted by Crippen LogP contribution is -2.17. The van der Waals surface area contributed by atoms with E-state index in [-0.39, 0.29) is 0 Å². The second-order valence-electron chi connectivity index (χ2n) is 3.28. The fourth-order valence-corrected chi connectivity index (χ4v) is 1.22. The van der Waals surface area contributed by atoms with Crippen molar-refractivity contribution in [1.82, 2.24) is 15.0 Å². The van der Waals surface area contributed by atoms with Gasteiger partial charge in [-0.05, 0) is 0 Å². The Balaban J connectivity index is 2.38. The van der Waals surface area contributed by atoms with Gasteiger partial charge in [-0.1, -0.05) is 5.21 Å². The maximum atomic E-state index is 9.46. The molecule has 0 amide bonds. The van der Waals surface area contributed by atoms with Crippen LogP contribution in [0.15, 0.2) is 6.20 Å². The van der Waals surface area contributed by atoms with E-state index in [1.807, 2.05) is 0 Å². The average molecular weight is 215 g/mol. The van der Waals surface area contributed by atoms with Crippen LogP contribution in [0, 0.1) is 0 Å². The van der Waals surface area contributed by atoms with Crippen LogP contribution in [0.3, 0.4) is 0 Å². The lowest BCUT2D eigenvalue weighted by molar-refractivity contribution is 0.0644. The third kappa shape index (κ3) is 4.37. The number of aliphatic hydroxyl groups excluding tert-OH is 1. The Labute approximate surface area is 88.8 Å². The van der Waals surface area contributed by atoms with Crippen LogP contribution in [0.1, 0.15) is 5.69 Å². The fraction of sp³-hybridized carbons (Fsp3) is 0.778. The molecule has 1 aromatic heterocycles. The van der Waals surface area contributed by atoms with Gasteiger partial charge in [-0.15, -0.1) is 5.10 Å². The zero-order chi connectivity index (χ0) is 11.1. The lowest BCUT2D eigenvalue weighted by Gasteiger charge is -2.05. The summed E-state index contributed by atoms with van der Waals surface area (Å²) in [5, 5.41) is 17.3. The Bertz CT molecular complexity index is 277. The summed E-state index contributed by atoms with van der Waals surface area (Å²) < 4.78 is 11.4. The number of ether oxygens (including phenoxy) is 2. The smallest absolute Gasteiger partial charge is 0.0853 e. The molecule has 0 saturated heterocycles. The molecule has 1 unspecified atom stereocenters. The molecule has 1 atom stereocenters. The number of nitrogens with zero attached hydrogens (tertiary/aromatic N) is 3. The molecule has 1 N–H and O–H groups in total. The van der Waals surface area contributed by atoms with Gasteiger partial charge in [0.15, 0.2) is 0 Å². The standard InChI is InChI=1S/C9H17N3O3/c1-14-4-3-12-6-8(10-11-12)5-9(13)7-15-2/h6,9,13H,3-5,7H2,1-2H3. The van der Waals surface area contributed by atoms with Crippen molar-refractivity contribution >= 4 is 0 Å². The van der Waals surface area contributed by atoms with Crippen LogP contribution in [-0.2, 0) is 22.4 Å². The zero-order valence-corrected chi connectivity index (χ0v) is 9.09. The van der Waals surface area contributed by atoms with Crippen molar-refractivity contribution in [3.8, 4) is 0 Å². The SMILES string of the molecule is COCCn1cc(CC(O)COC)nn1. The molecule has 86 valence electrons. The van der Waals surface area contributed by atoms with Crippen LogP contribution in [0.4, 0.5) is 0 Å². The number of aliphatic hydroxyl groups is 1. The van der Waals surface area contributed by atoms with Gasteiger partial charge in [-0.3, -0.25) is 0 Å². The van der Waals surface area contributed by atoms with E-state index >= 15 is 0 Å². The predicted octanol–water partition coefficient (Wildman–Crippen LogP) is -0.526. The minimum absolute atomic E-state index is 0.310. The van der Waals surface area contributed by atoms with Gasteiger partial charge in [-0.2, -0.15) is 0 Å². The van der Waals surface area contributed by atoms with Crippen LogP contribution in [-0.4, -0.2) is 53.6 Å². The summed E-state index contributed by atoms with van der Waals surface area (Å²) in [5.74, 6) is 0. The van der Waals surface area contributed by atoms with E-state index in [9.17, 15) is 5.11 Å². The van der Waals surface area contributed by atoms with E-state index in [0.29, 0.717) is 26.2 Å². The molecule has 0 saturated carbocycles. The number of rotatable bonds is 7. The first-order valence-corrected chi connectivity index (χ1v) is 4.81. The maximum Gasteiger partial charge on any atom is 0.0853 e. The van der Waals surface area contributed by atoms with Gasteiger partial charge in [0.05, 0.1) is 31.6 Å². The highest BCUT2D eigenvalue weighted by Crippen LogP contribution is 1.99. The quantitative estimate of drug-likeness (QED) is 0.662. The number of methoxy groups -OCH3 is 2. The minimum Gasteiger partial charge on any atom is -0.390 e. The Morgan fingerprint density at radius 3 is 2.93 bits per heavy atom. The normalized spacial score (nSPS) is 13.0. The van der Waals surface area contributed by atoms with E-state index in [2.05, 4.69) is 10.3 Å². The molecule has 0 aliphatic heterocycles. The summed E-state index contributed by atoms with van der Waals surface area (Å²) in [6.07, 6.45) is 1.74. The first kappa shape index (κ1) is 12.1. The Kier molecular flexibility index (Phi) is 5.23. The second-order valence-corrected chi connectivity index (χ2v) is 3.28. The molecule has 6 heteroatoms. The van der Waals surface area contributed by atoms with E-state index in [1.54, 1.807) is 25.1 Å². The molecule has 0 fully saturated rings. The van der Waals surface area contributed by atoms with Crippen molar-refractivity contribution in [2.24, 2.45) is 0 Å². The molecule has 6 nitrogen and oxygen atoms in total. The van der Waals surface area contributed by atoms with Crippen LogP contribution in [0.5, 0.6) is 0 Å². The molecular formula is C9H17N3O3. The second kappa shape index (κ2) is 6.49. The van der Waals surface area contributed by atoms with E-state index < -0.39 is 6.10 Å². The molecule has 1 rings (SSSR count). The molecule has 15 heavy (non-hydrogen) atoms. The van der Waals surface area contributed by atoms with Crippen molar-refractivity contribution in [2.75, 3.05) is 27.4 Å². The van der Waals surface area contributed by atoms with Gasteiger partial charge >= 0.3 is 0 Å². The third-order valence-corrected chi connectivity index (χ3v) is 1.91. The lowest BCUT2D eigenvalue weighted by atomic mass is 10.2. The van der Waals surface area contributed by atoms with Gasteiger partial charge in [0.2, 0.25) is 0 Å². The third-order valence-electron chi connectivity index (χ3n) is 1.91. The van der Waals surface area contributed by atoms with Crippen molar-refractivity contribution in [3.05, 3.63) is 11.9 Å². The van der Waals surface area contributed by atoms with Crippen LogP contribution in [0.2, 0.25) is 0 Å². The van der Waals surface area contributed by atoms with Crippen LogP contribution in [0.25, 0.3) is 0 Å². The summed E-state index contributed by atoms with van der Waals surface area (Å²) in [5.41, 5.74) is 0.760. The minimum atomic E-state index is -0.525. The zero-order valence-electron chi connectivity index (χ0n) is 9.09. The van der Waals surface area contributed by atoms with Crippen LogP contribution >= 0.6 is 0 Å². The van der Waals surface area contributed by atoms with Crippen molar-refractivity contribution in [2.45, 2.75) is 19.1 Å². The summed E-state index contributed by atoms with van der Waals surface area (Å²) in [6, 6.07) is 0. The van der Waals surface area contributed by atoms with Crippen molar-refractivity contribution in [1.29, 1.82) is 0 Å². The molecule has 0 aromatic carbocycles. The van der Waals surface area contributed by atoms with Crippen molar-refractivity contribution in [3.63, 3.8) is 0 Å². The van der Waals surface area contributed by atoms with Gasteiger partial charge < -0.3 is 14.6 Å². The van der Waals surface area contributed by atoms with E-state index in [1.165, 1.54) is 0 Å². The summed E-state index contributed by atoms with van der Waals surface area (Å²) in [6.45, 7) is 1.58. The average Bonchev–Trinajstić information content (AvgIpc) is 2.63. The Hall–Kier alpha value is -0.980. The summed E-state index contributed by atoms with van der Waals surface area (Å²) in [7, 11) is 3.19. The Morgan fingerprint density at radius 1 is 1.47 bits per heavy atom. The van der Waals surface area contributed by atoms with E-state index in [4.69, 9.17) is 9.47 Å². The first-order chi connectivity index (χ1) is 7.26. The molecule has 0 spiro atoms. The molecule has 0 radical (unpaired) electrons. The van der Waals surface area contributed by atoms with Crippen molar-refractivity contribution < 1.29 is 14.6 Å². The van der Waals surface area contributed by atoms with Gasteiger partial charge in [-0.25, -0.2) is 4.68 Å². The largest absolute Gasteiger partial charge is 0.390 e. The maximum absolute atomic E-state index is 9.46. The molecule has 1 aromatic rings.